The van der Waals surface area contributed by atoms with Crippen molar-refractivity contribution in [2.24, 2.45) is 0 Å². The molecule has 20 heavy (non-hydrogen) atoms. The molecule has 6 nitrogen and oxygen atoms in total. The highest BCUT2D eigenvalue weighted by atomic mass is 32.1. The average Bonchev–Trinajstić information content (AvgIpc) is 2.89. The smallest absolute Gasteiger partial charge is 0.337 e. The average molecular weight is 292 g/mol. The van der Waals surface area contributed by atoms with Gasteiger partial charge in [-0.05, 0) is 19.4 Å². The molecule has 2 aromatic rings. The van der Waals surface area contributed by atoms with E-state index in [0.29, 0.717) is 5.82 Å². The number of nitrogens with one attached hydrogen (secondary N) is 1. The highest BCUT2D eigenvalue weighted by Gasteiger charge is 2.13. The minimum Gasteiger partial charge on any atom is -0.478 e. The van der Waals surface area contributed by atoms with Crippen LogP contribution in [0.25, 0.3) is 0 Å². The first-order valence-electron chi connectivity index (χ1n) is 6.21. The van der Waals surface area contributed by atoms with Gasteiger partial charge in [0.25, 0.3) is 0 Å². The number of aromatic nitrogens is 2. The van der Waals surface area contributed by atoms with Crippen LogP contribution >= 0.6 is 11.3 Å². The zero-order valence-electron chi connectivity index (χ0n) is 11.3. The fourth-order valence-electron chi connectivity index (χ4n) is 1.70. The number of hydrogen-bond donors (Lipinski definition) is 3. The van der Waals surface area contributed by atoms with Crippen molar-refractivity contribution in [1.82, 2.24) is 9.97 Å². The van der Waals surface area contributed by atoms with E-state index in [-0.39, 0.29) is 17.3 Å². The standard InChI is InChI=1S/C13H16N4O2S/c1-3-8-5-16-12(20-8)7(2)17-11-4-9(13(18)19)10(14)6-15-11/h4-7H,3,14H2,1-2H3,(H,15,17)(H,18,19). The molecule has 106 valence electrons. The lowest BCUT2D eigenvalue weighted by atomic mass is 10.2. The quantitative estimate of drug-likeness (QED) is 0.783. The van der Waals surface area contributed by atoms with E-state index in [0.717, 1.165) is 11.4 Å². The van der Waals surface area contributed by atoms with Gasteiger partial charge in [-0.3, -0.25) is 0 Å². The van der Waals surface area contributed by atoms with E-state index in [1.165, 1.54) is 17.1 Å². The second-order valence-electron chi connectivity index (χ2n) is 4.35. The van der Waals surface area contributed by atoms with Gasteiger partial charge in [0, 0.05) is 11.1 Å². The van der Waals surface area contributed by atoms with Crippen LogP contribution < -0.4 is 11.1 Å². The maximum Gasteiger partial charge on any atom is 0.337 e. The van der Waals surface area contributed by atoms with Gasteiger partial charge >= 0.3 is 5.97 Å². The fraction of sp³-hybridized carbons (Fsp3) is 0.308. The monoisotopic (exact) mass is 292 g/mol. The second kappa shape index (κ2) is 5.87. The number of aryl methyl sites for hydroxylation is 1. The fourth-order valence-corrected chi connectivity index (χ4v) is 2.56. The minimum absolute atomic E-state index is 0.0435. The zero-order valence-corrected chi connectivity index (χ0v) is 12.1. The Bertz CT molecular complexity index is 627. The van der Waals surface area contributed by atoms with Gasteiger partial charge in [0.05, 0.1) is 23.5 Å². The molecular weight excluding hydrogens is 276 g/mol. The number of carboxylic acid groups (broad SMARTS) is 1. The Morgan fingerprint density at radius 1 is 1.50 bits per heavy atom. The molecule has 7 heteroatoms. The summed E-state index contributed by atoms with van der Waals surface area (Å²) in [6.07, 6.45) is 4.16. The molecule has 0 radical (unpaired) electrons. The molecule has 0 saturated carbocycles. The molecule has 4 N–H and O–H groups in total. The molecule has 0 amide bonds. The van der Waals surface area contributed by atoms with Gasteiger partial charge in [-0.1, -0.05) is 6.92 Å². The lowest BCUT2D eigenvalue weighted by Crippen LogP contribution is -2.10. The number of carboxylic acids is 1. The number of pyridine rings is 1. The van der Waals surface area contributed by atoms with E-state index in [2.05, 4.69) is 22.2 Å². The van der Waals surface area contributed by atoms with E-state index in [9.17, 15) is 4.79 Å². The van der Waals surface area contributed by atoms with Gasteiger partial charge in [-0.2, -0.15) is 0 Å². The van der Waals surface area contributed by atoms with Crippen LogP contribution in [0.1, 0.15) is 40.1 Å². The molecule has 1 unspecified atom stereocenters. The Morgan fingerprint density at radius 2 is 2.25 bits per heavy atom. The normalized spacial score (nSPS) is 12.1. The van der Waals surface area contributed by atoms with Gasteiger partial charge in [-0.15, -0.1) is 11.3 Å². The molecule has 1 atom stereocenters. The van der Waals surface area contributed by atoms with Gasteiger partial charge in [0.1, 0.15) is 10.8 Å². The third-order valence-corrected chi connectivity index (χ3v) is 4.14. The molecule has 2 aromatic heterocycles. The van der Waals surface area contributed by atoms with E-state index in [1.54, 1.807) is 11.3 Å². The topological polar surface area (TPSA) is 101 Å². The van der Waals surface area contributed by atoms with Crippen LogP contribution in [0.2, 0.25) is 0 Å². The predicted octanol–water partition coefficient (Wildman–Crippen LogP) is 2.55. The minimum atomic E-state index is -1.07. The third-order valence-electron chi connectivity index (χ3n) is 2.82. The van der Waals surface area contributed by atoms with Crippen LogP contribution in [-0.2, 0) is 6.42 Å². The number of aromatic carboxylic acids is 1. The van der Waals surface area contributed by atoms with Gasteiger partial charge in [0.2, 0.25) is 0 Å². The maximum absolute atomic E-state index is 11.0. The summed E-state index contributed by atoms with van der Waals surface area (Å²) in [5, 5.41) is 13.1. The van der Waals surface area contributed by atoms with E-state index in [4.69, 9.17) is 10.8 Å². The molecule has 0 aliphatic carbocycles. The number of nitrogens with two attached hydrogens (primary N) is 1. The first kappa shape index (κ1) is 14.3. The lowest BCUT2D eigenvalue weighted by molar-refractivity contribution is 0.0698. The number of carbonyl (C=O) groups is 1. The van der Waals surface area contributed by atoms with Gasteiger partial charge < -0.3 is 16.2 Å². The highest BCUT2D eigenvalue weighted by molar-refractivity contribution is 7.11. The second-order valence-corrected chi connectivity index (χ2v) is 5.49. The summed E-state index contributed by atoms with van der Waals surface area (Å²) in [7, 11) is 0. The molecule has 0 spiro atoms. The molecule has 0 aliphatic rings. The van der Waals surface area contributed by atoms with Crippen LogP contribution in [0.5, 0.6) is 0 Å². The van der Waals surface area contributed by atoms with Crippen molar-refractivity contribution in [2.45, 2.75) is 26.3 Å². The Balaban J connectivity index is 2.17. The van der Waals surface area contributed by atoms with Crippen molar-refractivity contribution in [3.8, 4) is 0 Å². The molecule has 0 saturated heterocycles. The molecule has 0 bridgehead atoms. The third kappa shape index (κ3) is 3.05. The first-order valence-corrected chi connectivity index (χ1v) is 7.02. The Labute approximate surface area is 120 Å². The largest absolute Gasteiger partial charge is 0.478 e. The van der Waals surface area contributed by atoms with Crippen molar-refractivity contribution in [3.05, 3.63) is 33.9 Å². The lowest BCUT2D eigenvalue weighted by Gasteiger charge is -2.12. The number of thiazole rings is 1. The molecule has 2 rings (SSSR count). The Morgan fingerprint density at radius 3 is 2.85 bits per heavy atom. The van der Waals surface area contributed by atoms with Crippen molar-refractivity contribution < 1.29 is 9.90 Å². The summed E-state index contributed by atoms with van der Waals surface area (Å²) < 4.78 is 0. The van der Waals surface area contributed by atoms with Crippen molar-refractivity contribution in [3.63, 3.8) is 0 Å². The molecular formula is C13H16N4O2S. The predicted molar refractivity (Wildman–Crippen MR) is 79.1 cm³/mol. The van der Waals surface area contributed by atoms with Crippen molar-refractivity contribution in [1.29, 1.82) is 0 Å². The Kier molecular flexibility index (Phi) is 4.19. The summed E-state index contributed by atoms with van der Waals surface area (Å²) in [6, 6.07) is 1.39. The summed E-state index contributed by atoms with van der Waals surface area (Å²) >= 11 is 1.63. The van der Waals surface area contributed by atoms with Crippen LogP contribution in [-0.4, -0.2) is 21.0 Å². The Hall–Kier alpha value is -2.15. The summed E-state index contributed by atoms with van der Waals surface area (Å²) in [5.41, 5.74) is 5.77. The number of nitrogen functional groups attached to an aromatic ring is 1. The first-order chi connectivity index (χ1) is 9.51. The van der Waals surface area contributed by atoms with E-state index in [1.807, 2.05) is 13.1 Å². The molecule has 0 aromatic carbocycles. The number of rotatable bonds is 5. The van der Waals surface area contributed by atoms with Crippen LogP contribution in [0.3, 0.4) is 0 Å². The van der Waals surface area contributed by atoms with Crippen LogP contribution in [0.4, 0.5) is 11.5 Å². The highest BCUT2D eigenvalue weighted by Crippen LogP contribution is 2.24. The van der Waals surface area contributed by atoms with Crippen LogP contribution in [0, 0.1) is 0 Å². The summed E-state index contributed by atoms with van der Waals surface area (Å²) in [5.74, 6) is -0.597. The summed E-state index contributed by atoms with van der Waals surface area (Å²) in [4.78, 5) is 20.7. The van der Waals surface area contributed by atoms with Crippen molar-refractivity contribution >= 4 is 28.8 Å². The number of nitrogens with zero attached hydrogens (tertiary/aromatic N) is 2. The molecule has 0 fully saturated rings. The molecule has 0 aliphatic heterocycles. The van der Waals surface area contributed by atoms with E-state index < -0.39 is 5.97 Å². The van der Waals surface area contributed by atoms with Crippen molar-refractivity contribution in [2.75, 3.05) is 11.1 Å². The number of hydrogen-bond acceptors (Lipinski definition) is 6. The SMILES string of the molecule is CCc1cnc(C(C)Nc2cc(C(=O)O)c(N)cn2)s1. The summed E-state index contributed by atoms with van der Waals surface area (Å²) in [6.45, 7) is 4.03. The van der Waals surface area contributed by atoms with Gasteiger partial charge in [-0.25, -0.2) is 14.8 Å². The van der Waals surface area contributed by atoms with Gasteiger partial charge in [0.15, 0.2) is 0 Å². The zero-order chi connectivity index (χ0) is 14.7. The maximum atomic E-state index is 11.0. The van der Waals surface area contributed by atoms with E-state index >= 15 is 0 Å². The number of anilines is 2. The molecule has 2 heterocycles. The van der Waals surface area contributed by atoms with Crippen LogP contribution in [0.15, 0.2) is 18.5 Å².